The van der Waals surface area contributed by atoms with Crippen molar-refractivity contribution in [1.82, 2.24) is 9.88 Å². The number of hydrogen-bond donors (Lipinski definition) is 2. The van der Waals surface area contributed by atoms with Crippen LogP contribution in [0.15, 0.2) is 18.3 Å². The van der Waals surface area contributed by atoms with Crippen molar-refractivity contribution >= 4 is 11.8 Å². The third-order valence-corrected chi connectivity index (χ3v) is 3.07. The second-order valence-electron chi connectivity index (χ2n) is 4.49. The van der Waals surface area contributed by atoms with E-state index in [9.17, 15) is 14.7 Å². The molecule has 1 aromatic heterocycles. The van der Waals surface area contributed by atoms with Gasteiger partial charge in [-0.2, -0.15) is 0 Å². The number of aliphatic hydroxyl groups excluding tert-OH is 1. The van der Waals surface area contributed by atoms with Crippen LogP contribution in [0.5, 0.6) is 0 Å². The zero-order valence-corrected chi connectivity index (χ0v) is 10.0. The van der Waals surface area contributed by atoms with E-state index in [-0.39, 0.29) is 17.6 Å². The van der Waals surface area contributed by atoms with Gasteiger partial charge in [0.25, 0.3) is 11.8 Å². The van der Waals surface area contributed by atoms with E-state index in [2.05, 4.69) is 4.98 Å². The van der Waals surface area contributed by atoms with Crippen LogP contribution >= 0.6 is 0 Å². The lowest BCUT2D eigenvalue weighted by Gasteiger charge is -2.21. The molecule has 2 rings (SSSR count). The minimum absolute atomic E-state index is 0.0160. The second kappa shape index (κ2) is 4.73. The van der Waals surface area contributed by atoms with Crippen molar-refractivity contribution in [2.45, 2.75) is 25.5 Å². The van der Waals surface area contributed by atoms with E-state index >= 15 is 0 Å². The summed E-state index contributed by atoms with van der Waals surface area (Å²) in [6.45, 7) is 2.19. The molecule has 0 saturated carbocycles. The largest absolute Gasteiger partial charge is 0.391 e. The molecule has 6 heteroatoms. The van der Waals surface area contributed by atoms with Gasteiger partial charge in [0.15, 0.2) is 0 Å². The Kier molecular flexibility index (Phi) is 3.29. The Hall–Kier alpha value is -1.95. The van der Waals surface area contributed by atoms with E-state index < -0.39 is 12.0 Å². The van der Waals surface area contributed by atoms with Gasteiger partial charge in [0, 0.05) is 24.3 Å². The predicted octanol–water partition coefficient (Wildman–Crippen LogP) is -0.224. The lowest BCUT2D eigenvalue weighted by Crippen LogP contribution is -2.34. The fourth-order valence-corrected chi connectivity index (χ4v) is 2.15. The number of carbonyl (C=O) groups excluding carboxylic acids is 2. The van der Waals surface area contributed by atoms with Gasteiger partial charge in [-0.25, -0.2) is 0 Å². The Balaban J connectivity index is 2.23. The van der Waals surface area contributed by atoms with Gasteiger partial charge < -0.3 is 15.7 Å². The molecule has 0 aromatic carbocycles. The second-order valence-corrected chi connectivity index (χ2v) is 4.49. The maximum absolute atomic E-state index is 12.2. The van der Waals surface area contributed by atoms with Crippen molar-refractivity contribution in [2.24, 2.45) is 5.73 Å². The predicted molar refractivity (Wildman–Crippen MR) is 63.9 cm³/mol. The van der Waals surface area contributed by atoms with Gasteiger partial charge >= 0.3 is 0 Å². The van der Waals surface area contributed by atoms with Crippen LogP contribution in [-0.2, 0) is 0 Å². The lowest BCUT2D eigenvalue weighted by molar-refractivity contribution is 0.0726. The fraction of sp³-hybridized carbons (Fsp3) is 0.417. The topological polar surface area (TPSA) is 96.5 Å². The first-order valence-electron chi connectivity index (χ1n) is 5.74. The first-order chi connectivity index (χ1) is 8.49. The molecule has 0 aliphatic carbocycles. The van der Waals surface area contributed by atoms with Crippen LogP contribution in [0.3, 0.4) is 0 Å². The Morgan fingerprint density at radius 1 is 1.56 bits per heavy atom. The highest BCUT2D eigenvalue weighted by Gasteiger charge is 2.31. The van der Waals surface area contributed by atoms with Gasteiger partial charge in [-0.1, -0.05) is 0 Å². The van der Waals surface area contributed by atoms with Crippen molar-refractivity contribution in [1.29, 1.82) is 0 Å². The molecule has 0 spiro atoms. The van der Waals surface area contributed by atoms with E-state index in [4.69, 9.17) is 5.73 Å². The molecular weight excluding hydrogens is 234 g/mol. The number of pyridine rings is 1. The number of carbonyl (C=O) groups is 2. The zero-order chi connectivity index (χ0) is 13.3. The lowest BCUT2D eigenvalue weighted by atomic mass is 10.2. The van der Waals surface area contributed by atoms with Crippen LogP contribution in [0, 0.1) is 0 Å². The number of nitrogens with two attached hydrogens (primary N) is 1. The van der Waals surface area contributed by atoms with Crippen molar-refractivity contribution in [3.8, 4) is 0 Å². The van der Waals surface area contributed by atoms with E-state index in [1.807, 2.05) is 6.92 Å². The molecule has 1 fully saturated rings. The molecule has 1 aliphatic heterocycles. The van der Waals surface area contributed by atoms with Crippen LogP contribution in [0.2, 0.25) is 0 Å². The van der Waals surface area contributed by atoms with Gasteiger partial charge in [0.2, 0.25) is 0 Å². The number of amides is 2. The Bertz CT molecular complexity index is 489. The van der Waals surface area contributed by atoms with Crippen LogP contribution < -0.4 is 5.73 Å². The molecule has 0 radical (unpaired) electrons. The van der Waals surface area contributed by atoms with Crippen molar-refractivity contribution in [3.63, 3.8) is 0 Å². The highest BCUT2D eigenvalue weighted by Crippen LogP contribution is 2.20. The van der Waals surface area contributed by atoms with E-state index in [0.29, 0.717) is 18.5 Å². The van der Waals surface area contributed by atoms with Gasteiger partial charge in [-0.3, -0.25) is 14.6 Å². The summed E-state index contributed by atoms with van der Waals surface area (Å²) >= 11 is 0. The molecule has 0 bridgehead atoms. The first-order valence-corrected chi connectivity index (χ1v) is 5.74. The standard InChI is InChI=1S/C12H15N3O3/c1-7-4-9(16)6-15(7)12(18)8-2-3-14-10(5-8)11(13)17/h2-3,5,7,9,16H,4,6H2,1H3,(H2,13,17)/t7-,9+/m1/s1. The van der Waals surface area contributed by atoms with Crippen LogP contribution in [-0.4, -0.2) is 45.5 Å². The van der Waals surface area contributed by atoms with Gasteiger partial charge in [-0.15, -0.1) is 0 Å². The van der Waals surface area contributed by atoms with Gasteiger partial charge in [0.05, 0.1) is 6.10 Å². The van der Waals surface area contributed by atoms with Gasteiger partial charge in [0.1, 0.15) is 5.69 Å². The number of nitrogens with zero attached hydrogens (tertiary/aromatic N) is 2. The summed E-state index contributed by atoms with van der Waals surface area (Å²) in [7, 11) is 0. The Morgan fingerprint density at radius 2 is 2.28 bits per heavy atom. The number of likely N-dealkylation sites (tertiary alicyclic amines) is 1. The molecule has 96 valence electrons. The number of β-amino-alcohol motifs (C(OH)–C–C–N with tert-alkyl or cyclic N) is 1. The molecule has 3 N–H and O–H groups in total. The monoisotopic (exact) mass is 249 g/mol. The van der Waals surface area contributed by atoms with Crippen molar-refractivity contribution in [3.05, 3.63) is 29.6 Å². The Morgan fingerprint density at radius 3 is 2.83 bits per heavy atom. The molecular formula is C12H15N3O3. The molecule has 1 aromatic rings. The summed E-state index contributed by atoms with van der Waals surface area (Å²) in [6, 6.07) is 2.89. The highest BCUT2D eigenvalue weighted by atomic mass is 16.3. The molecule has 2 amide bonds. The minimum atomic E-state index is -0.667. The number of primary amides is 1. The highest BCUT2D eigenvalue weighted by molar-refractivity contribution is 5.98. The number of aliphatic hydroxyl groups is 1. The third kappa shape index (κ3) is 2.33. The maximum Gasteiger partial charge on any atom is 0.267 e. The van der Waals surface area contributed by atoms with Crippen molar-refractivity contribution < 1.29 is 14.7 Å². The molecule has 2 heterocycles. The smallest absolute Gasteiger partial charge is 0.267 e. The summed E-state index contributed by atoms with van der Waals surface area (Å²) in [5, 5.41) is 9.53. The zero-order valence-electron chi connectivity index (χ0n) is 10.0. The van der Waals surface area contributed by atoms with Crippen molar-refractivity contribution in [2.75, 3.05) is 6.54 Å². The molecule has 18 heavy (non-hydrogen) atoms. The van der Waals surface area contributed by atoms with E-state index in [1.165, 1.54) is 18.3 Å². The SMILES string of the molecule is C[C@@H]1C[C@H](O)CN1C(=O)c1ccnc(C(N)=O)c1. The average Bonchev–Trinajstić information content (AvgIpc) is 2.67. The van der Waals surface area contributed by atoms with Gasteiger partial charge in [-0.05, 0) is 25.5 Å². The summed E-state index contributed by atoms with van der Waals surface area (Å²) in [5.41, 5.74) is 5.54. The number of hydrogen-bond acceptors (Lipinski definition) is 4. The summed E-state index contributed by atoms with van der Waals surface area (Å²) in [5.74, 6) is -0.886. The van der Waals surface area contributed by atoms with Crippen LogP contribution in [0.1, 0.15) is 34.2 Å². The molecule has 1 saturated heterocycles. The van der Waals surface area contributed by atoms with E-state index in [1.54, 1.807) is 4.90 Å². The minimum Gasteiger partial charge on any atom is -0.391 e. The molecule has 0 unspecified atom stereocenters. The number of rotatable bonds is 2. The van der Waals surface area contributed by atoms with E-state index in [0.717, 1.165) is 0 Å². The maximum atomic E-state index is 12.2. The normalized spacial score (nSPS) is 23.1. The summed E-state index contributed by atoms with van der Waals surface area (Å²) in [4.78, 5) is 28.6. The number of aromatic nitrogens is 1. The molecule has 1 aliphatic rings. The molecule has 6 nitrogen and oxygen atoms in total. The fourth-order valence-electron chi connectivity index (χ4n) is 2.15. The average molecular weight is 249 g/mol. The molecule has 2 atom stereocenters. The van der Waals surface area contributed by atoms with Crippen LogP contribution in [0.4, 0.5) is 0 Å². The third-order valence-electron chi connectivity index (χ3n) is 3.07. The Labute approximate surface area is 104 Å². The first kappa shape index (κ1) is 12.5. The summed E-state index contributed by atoms with van der Waals surface area (Å²) < 4.78 is 0. The van der Waals surface area contributed by atoms with Crippen LogP contribution in [0.25, 0.3) is 0 Å². The summed E-state index contributed by atoms with van der Waals surface area (Å²) in [6.07, 6.45) is 1.46. The quantitative estimate of drug-likeness (QED) is 0.757.